The van der Waals surface area contributed by atoms with Crippen LogP contribution in [0.2, 0.25) is 0 Å². The van der Waals surface area contributed by atoms with Crippen LogP contribution < -0.4 is 10.2 Å². The van der Waals surface area contributed by atoms with E-state index in [1.165, 1.54) is 0 Å². The van der Waals surface area contributed by atoms with E-state index < -0.39 is 7.12 Å². The SMILES string of the molecule is Cc1cc(OCC2CN(C(C)C)CCO2)ccc1B(O)O. The highest BCUT2D eigenvalue weighted by molar-refractivity contribution is 6.59. The number of nitrogens with zero attached hydrogens (tertiary/aromatic N) is 1. The smallest absolute Gasteiger partial charge is 0.488 e. The molecule has 1 atom stereocenters. The van der Waals surface area contributed by atoms with Crippen LogP contribution in [0.5, 0.6) is 5.75 Å². The fourth-order valence-corrected chi connectivity index (χ4v) is 2.53. The average molecular weight is 293 g/mol. The molecule has 1 aromatic rings. The zero-order chi connectivity index (χ0) is 15.4. The van der Waals surface area contributed by atoms with Gasteiger partial charge in [0.1, 0.15) is 18.5 Å². The van der Waals surface area contributed by atoms with Gasteiger partial charge in [-0.25, -0.2) is 0 Å². The van der Waals surface area contributed by atoms with Gasteiger partial charge in [-0.1, -0.05) is 6.07 Å². The van der Waals surface area contributed by atoms with Gasteiger partial charge in [0.25, 0.3) is 0 Å². The monoisotopic (exact) mass is 293 g/mol. The normalized spacial score (nSPS) is 19.8. The molecule has 0 bridgehead atoms. The lowest BCUT2D eigenvalue weighted by Crippen LogP contribution is -2.47. The first kappa shape index (κ1) is 16.3. The van der Waals surface area contributed by atoms with Gasteiger partial charge in [0.15, 0.2) is 0 Å². The van der Waals surface area contributed by atoms with Gasteiger partial charge < -0.3 is 19.5 Å². The highest BCUT2D eigenvalue weighted by Gasteiger charge is 2.23. The molecule has 2 N–H and O–H groups in total. The van der Waals surface area contributed by atoms with E-state index >= 15 is 0 Å². The maximum Gasteiger partial charge on any atom is 0.488 e. The Kier molecular flexibility index (Phi) is 5.64. The number of hydrogen-bond acceptors (Lipinski definition) is 5. The van der Waals surface area contributed by atoms with Gasteiger partial charge in [0.2, 0.25) is 0 Å². The minimum Gasteiger partial charge on any atom is -0.491 e. The number of ether oxygens (including phenoxy) is 2. The van der Waals surface area contributed by atoms with Gasteiger partial charge in [-0.3, -0.25) is 4.90 Å². The molecular weight excluding hydrogens is 269 g/mol. The van der Waals surface area contributed by atoms with Crippen LogP contribution in [-0.4, -0.2) is 60.5 Å². The molecule has 1 unspecified atom stereocenters. The van der Waals surface area contributed by atoms with E-state index in [9.17, 15) is 10.0 Å². The molecule has 21 heavy (non-hydrogen) atoms. The summed E-state index contributed by atoms with van der Waals surface area (Å²) >= 11 is 0. The molecule has 0 amide bonds. The standard InChI is InChI=1S/C15H24BNO4/c1-11(2)17-6-7-20-14(9-17)10-21-13-4-5-15(16(18)19)12(3)8-13/h4-5,8,11,14,18-19H,6-7,9-10H2,1-3H3. The van der Waals surface area contributed by atoms with Crippen LogP contribution in [-0.2, 0) is 4.74 Å². The number of rotatable bonds is 5. The Bertz CT molecular complexity index is 467. The lowest BCUT2D eigenvalue weighted by Gasteiger charge is -2.35. The quantitative estimate of drug-likeness (QED) is 0.758. The van der Waals surface area contributed by atoms with Gasteiger partial charge >= 0.3 is 7.12 Å². The predicted octanol–water partition coefficient (Wildman–Crippen LogP) is 0.163. The maximum absolute atomic E-state index is 9.20. The Morgan fingerprint density at radius 3 is 2.81 bits per heavy atom. The number of benzene rings is 1. The van der Waals surface area contributed by atoms with Crippen molar-refractivity contribution in [3.05, 3.63) is 23.8 Å². The van der Waals surface area contributed by atoms with E-state index in [0.717, 1.165) is 31.0 Å². The summed E-state index contributed by atoms with van der Waals surface area (Å²) in [5.74, 6) is 0.724. The summed E-state index contributed by atoms with van der Waals surface area (Å²) < 4.78 is 11.5. The van der Waals surface area contributed by atoms with E-state index in [-0.39, 0.29) is 6.10 Å². The molecule has 0 radical (unpaired) electrons. The Morgan fingerprint density at radius 1 is 1.43 bits per heavy atom. The Labute approximate surface area is 126 Å². The van der Waals surface area contributed by atoms with Gasteiger partial charge in [-0.2, -0.15) is 0 Å². The molecule has 6 heteroatoms. The van der Waals surface area contributed by atoms with Crippen LogP contribution >= 0.6 is 0 Å². The summed E-state index contributed by atoms with van der Waals surface area (Å²) in [6, 6.07) is 5.77. The lowest BCUT2D eigenvalue weighted by atomic mass is 9.77. The molecule has 116 valence electrons. The van der Waals surface area contributed by atoms with Crippen LogP contribution in [0, 0.1) is 6.92 Å². The second-order valence-electron chi connectivity index (χ2n) is 5.78. The molecule has 1 heterocycles. The zero-order valence-electron chi connectivity index (χ0n) is 13.0. The molecule has 1 aliphatic rings. The summed E-state index contributed by atoms with van der Waals surface area (Å²) in [5, 5.41) is 18.4. The van der Waals surface area contributed by atoms with Gasteiger partial charge in [0.05, 0.1) is 6.61 Å². The van der Waals surface area contributed by atoms with E-state index in [1.54, 1.807) is 12.1 Å². The molecule has 0 aromatic heterocycles. The summed E-state index contributed by atoms with van der Waals surface area (Å²) in [6.45, 7) is 9.29. The van der Waals surface area contributed by atoms with Crippen molar-refractivity contribution in [2.45, 2.75) is 32.9 Å². The van der Waals surface area contributed by atoms with Gasteiger partial charge in [-0.15, -0.1) is 0 Å². The van der Waals surface area contributed by atoms with Crippen LogP contribution in [0.1, 0.15) is 19.4 Å². The van der Waals surface area contributed by atoms with Gasteiger partial charge in [0, 0.05) is 19.1 Å². The second kappa shape index (κ2) is 7.27. The Hall–Kier alpha value is -1.08. The minimum atomic E-state index is -1.44. The van der Waals surface area contributed by atoms with E-state index in [4.69, 9.17) is 9.47 Å². The van der Waals surface area contributed by atoms with Crippen LogP contribution in [0.25, 0.3) is 0 Å². The van der Waals surface area contributed by atoms with Crippen molar-refractivity contribution in [2.24, 2.45) is 0 Å². The molecule has 0 aliphatic carbocycles. The topological polar surface area (TPSA) is 62.2 Å². The van der Waals surface area contributed by atoms with Crippen molar-refractivity contribution < 1.29 is 19.5 Å². The van der Waals surface area contributed by atoms with Crippen molar-refractivity contribution in [3.63, 3.8) is 0 Å². The first-order chi connectivity index (χ1) is 9.97. The highest BCUT2D eigenvalue weighted by Crippen LogP contribution is 2.14. The van der Waals surface area contributed by atoms with Crippen molar-refractivity contribution in [1.29, 1.82) is 0 Å². The van der Waals surface area contributed by atoms with Crippen molar-refractivity contribution in [2.75, 3.05) is 26.3 Å². The fraction of sp³-hybridized carbons (Fsp3) is 0.600. The zero-order valence-corrected chi connectivity index (χ0v) is 13.0. The van der Waals surface area contributed by atoms with Gasteiger partial charge in [-0.05, 0) is 43.9 Å². The summed E-state index contributed by atoms with van der Waals surface area (Å²) in [5.41, 5.74) is 1.30. The molecule has 0 saturated carbocycles. The van der Waals surface area contributed by atoms with E-state index in [2.05, 4.69) is 18.7 Å². The van der Waals surface area contributed by atoms with Crippen molar-refractivity contribution >= 4 is 12.6 Å². The van der Waals surface area contributed by atoms with Crippen LogP contribution in [0.15, 0.2) is 18.2 Å². The third-order valence-corrected chi connectivity index (χ3v) is 3.86. The molecule has 1 fully saturated rings. The predicted molar refractivity (Wildman–Crippen MR) is 82.9 cm³/mol. The Morgan fingerprint density at radius 2 is 2.19 bits per heavy atom. The third kappa shape index (κ3) is 4.44. The third-order valence-electron chi connectivity index (χ3n) is 3.86. The summed E-state index contributed by atoms with van der Waals surface area (Å²) in [6.07, 6.45) is 0.0737. The van der Waals surface area contributed by atoms with Crippen LogP contribution in [0.3, 0.4) is 0 Å². The highest BCUT2D eigenvalue weighted by atomic mass is 16.5. The Balaban J connectivity index is 1.89. The number of aryl methyl sites for hydroxylation is 1. The fourth-order valence-electron chi connectivity index (χ4n) is 2.53. The largest absolute Gasteiger partial charge is 0.491 e. The molecule has 2 rings (SSSR count). The maximum atomic E-state index is 9.20. The minimum absolute atomic E-state index is 0.0737. The molecule has 0 spiro atoms. The lowest BCUT2D eigenvalue weighted by molar-refractivity contribution is -0.0564. The molecule has 1 aliphatic heterocycles. The van der Waals surface area contributed by atoms with Crippen molar-refractivity contribution in [1.82, 2.24) is 4.90 Å². The molecule has 5 nitrogen and oxygen atoms in total. The van der Waals surface area contributed by atoms with Crippen LogP contribution in [0.4, 0.5) is 0 Å². The number of morpholine rings is 1. The van der Waals surface area contributed by atoms with E-state index in [0.29, 0.717) is 18.1 Å². The van der Waals surface area contributed by atoms with Crippen molar-refractivity contribution in [3.8, 4) is 5.75 Å². The first-order valence-electron chi connectivity index (χ1n) is 7.42. The number of hydrogen-bond donors (Lipinski definition) is 2. The molecule has 1 aromatic carbocycles. The second-order valence-corrected chi connectivity index (χ2v) is 5.78. The first-order valence-corrected chi connectivity index (χ1v) is 7.42. The summed E-state index contributed by atoms with van der Waals surface area (Å²) in [7, 11) is -1.44. The summed E-state index contributed by atoms with van der Waals surface area (Å²) in [4.78, 5) is 2.38. The average Bonchev–Trinajstić information content (AvgIpc) is 2.45. The molecular formula is C15H24BNO4. The molecule has 1 saturated heterocycles. The van der Waals surface area contributed by atoms with E-state index in [1.807, 2.05) is 13.0 Å².